The smallest absolute Gasteiger partial charge is 0.339 e. The first-order chi connectivity index (χ1) is 14.5. The molecule has 6 nitrogen and oxygen atoms in total. The average molecular weight is 403 g/mol. The predicted molar refractivity (Wildman–Crippen MR) is 115 cm³/mol. The molecule has 2 aromatic carbocycles. The molecular weight excluding hydrogens is 378 g/mol. The summed E-state index contributed by atoms with van der Waals surface area (Å²) in [6.45, 7) is 0. The molecule has 0 spiro atoms. The molecule has 1 heterocycles. The Labute approximate surface area is 175 Å². The van der Waals surface area contributed by atoms with Crippen molar-refractivity contribution in [3.63, 3.8) is 0 Å². The van der Waals surface area contributed by atoms with Crippen molar-refractivity contribution in [2.75, 3.05) is 14.1 Å². The molecule has 0 unspecified atom stereocenters. The van der Waals surface area contributed by atoms with Crippen LogP contribution in [0.3, 0.4) is 0 Å². The number of rotatable bonds is 5. The normalized spacial score (nSPS) is 14.1. The highest BCUT2D eigenvalue weighted by Gasteiger charge is 2.27. The lowest BCUT2D eigenvalue weighted by atomic mass is 9.99. The summed E-state index contributed by atoms with van der Waals surface area (Å²) in [7, 11) is 3.47. The van der Waals surface area contributed by atoms with Crippen LogP contribution in [0.4, 0.5) is 0 Å². The van der Waals surface area contributed by atoms with Crippen LogP contribution >= 0.6 is 0 Å². The number of aromatic nitrogens is 2. The van der Waals surface area contributed by atoms with Crippen LogP contribution in [-0.2, 0) is 0 Å². The van der Waals surface area contributed by atoms with E-state index < -0.39 is 5.97 Å². The van der Waals surface area contributed by atoms with Crippen molar-refractivity contribution in [1.29, 1.82) is 0 Å². The van der Waals surface area contributed by atoms with Crippen LogP contribution in [0, 0.1) is 0 Å². The van der Waals surface area contributed by atoms with Gasteiger partial charge in [-0.3, -0.25) is 4.79 Å². The van der Waals surface area contributed by atoms with Gasteiger partial charge in [0.1, 0.15) is 5.56 Å². The van der Waals surface area contributed by atoms with E-state index in [9.17, 15) is 14.7 Å². The quantitative estimate of drug-likeness (QED) is 0.676. The van der Waals surface area contributed by atoms with Crippen molar-refractivity contribution in [2.24, 2.45) is 0 Å². The fourth-order valence-electron chi connectivity index (χ4n) is 4.23. The number of hydrogen-bond acceptors (Lipinski definition) is 3. The second-order valence-electron chi connectivity index (χ2n) is 7.97. The third-order valence-electron chi connectivity index (χ3n) is 5.72. The van der Waals surface area contributed by atoms with Gasteiger partial charge >= 0.3 is 5.97 Å². The van der Waals surface area contributed by atoms with Gasteiger partial charge in [-0.25, -0.2) is 9.48 Å². The number of benzene rings is 2. The monoisotopic (exact) mass is 403 g/mol. The summed E-state index contributed by atoms with van der Waals surface area (Å²) in [5.74, 6) is -0.771. The first-order valence-corrected chi connectivity index (χ1v) is 10.2. The fourth-order valence-corrected chi connectivity index (χ4v) is 4.23. The maximum atomic E-state index is 12.3. The summed E-state index contributed by atoms with van der Waals surface area (Å²) < 4.78 is 1.78. The maximum Gasteiger partial charge on any atom is 0.339 e. The van der Waals surface area contributed by atoms with Crippen molar-refractivity contribution < 1.29 is 14.7 Å². The third kappa shape index (κ3) is 3.73. The lowest BCUT2D eigenvalue weighted by Crippen LogP contribution is -2.21. The van der Waals surface area contributed by atoms with E-state index in [2.05, 4.69) is 5.10 Å². The van der Waals surface area contributed by atoms with Gasteiger partial charge in [0.25, 0.3) is 5.91 Å². The van der Waals surface area contributed by atoms with Crippen LogP contribution in [0.15, 0.2) is 54.7 Å². The van der Waals surface area contributed by atoms with Gasteiger partial charge < -0.3 is 10.0 Å². The topological polar surface area (TPSA) is 75.4 Å². The lowest BCUT2D eigenvalue weighted by molar-refractivity contribution is 0.0694. The maximum absolute atomic E-state index is 12.3. The highest BCUT2D eigenvalue weighted by atomic mass is 16.4. The number of carbonyl (C=O) groups excluding carboxylic acids is 1. The molecule has 154 valence electrons. The van der Waals surface area contributed by atoms with Crippen LogP contribution < -0.4 is 0 Å². The molecule has 0 saturated heterocycles. The van der Waals surface area contributed by atoms with E-state index in [0.717, 1.165) is 48.2 Å². The highest BCUT2D eigenvalue weighted by molar-refractivity contribution is 5.95. The van der Waals surface area contributed by atoms with Crippen LogP contribution in [-0.4, -0.2) is 45.8 Å². The van der Waals surface area contributed by atoms with Crippen LogP contribution in [0.1, 0.15) is 58.0 Å². The Hall–Kier alpha value is -3.41. The predicted octanol–water partition coefficient (Wildman–Crippen LogP) is 4.60. The second-order valence-corrected chi connectivity index (χ2v) is 7.97. The van der Waals surface area contributed by atoms with Gasteiger partial charge in [-0.1, -0.05) is 37.1 Å². The van der Waals surface area contributed by atoms with Crippen molar-refractivity contribution >= 4 is 11.9 Å². The number of aromatic carboxylic acids is 1. The Morgan fingerprint density at radius 1 is 1.03 bits per heavy atom. The Balaban J connectivity index is 1.76. The average Bonchev–Trinajstić information content (AvgIpc) is 3.42. The summed E-state index contributed by atoms with van der Waals surface area (Å²) in [5, 5.41) is 14.1. The Kier molecular flexibility index (Phi) is 5.40. The Bertz CT molecular complexity index is 1090. The molecule has 3 aromatic rings. The first kappa shape index (κ1) is 19.9. The molecule has 1 aliphatic carbocycles. The largest absolute Gasteiger partial charge is 0.478 e. The molecule has 1 N–H and O–H groups in total. The molecule has 0 atom stereocenters. The van der Waals surface area contributed by atoms with Crippen molar-refractivity contribution in [3.05, 3.63) is 71.5 Å². The zero-order valence-electron chi connectivity index (χ0n) is 17.2. The highest BCUT2D eigenvalue weighted by Crippen LogP contribution is 2.37. The molecule has 1 aromatic heterocycles. The Morgan fingerprint density at radius 2 is 1.70 bits per heavy atom. The van der Waals surface area contributed by atoms with E-state index in [-0.39, 0.29) is 17.4 Å². The zero-order valence-corrected chi connectivity index (χ0v) is 17.2. The lowest BCUT2D eigenvalue weighted by Gasteiger charge is -2.15. The molecule has 0 radical (unpaired) electrons. The number of hydrogen-bond donors (Lipinski definition) is 1. The van der Waals surface area contributed by atoms with Gasteiger partial charge in [0.15, 0.2) is 0 Å². The summed E-state index contributed by atoms with van der Waals surface area (Å²) in [6, 6.07) is 15.4. The molecule has 1 saturated carbocycles. The summed E-state index contributed by atoms with van der Waals surface area (Å²) in [6.07, 6.45) is 5.66. The van der Waals surface area contributed by atoms with Crippen molar-refractivity contribution in [2.45, 2.75) is 31.6 Å². The molecular formula is C24H25N3O3. The first-order valence-electron chi connectivity index (χ1n) is 10.2. The number of amides is 1. The molecule has 1 fully saturated rings. The summed E-state index contributed by atoms with van der Waals surface area (Å²) in [5.41, 5.74) is 4.40. The zero-order chi connectivity index (χ0) is 21.3. The Morgan fingerprint density at radius 3 is 2.37 bits per heavy atom. The van der Waals surface area contributed by atoms with Crippen LogP contribution in [0.5, 0.6) is 0 Å². The third-order valence-corrected chi connectivity index (χ3v) is 5.72. The second kappa shape index (κ2) is 8.14. The standard InChI is InChI=1S/C24H25N3O3/c1-26(2)23(28)19-11-5-9-17(13-19)18-10-6-12-20(14-18)27-22(16-7-3-4-8-16)21(15-25-27)24(29)30/h5-6,9-16H,3-4,7-8H2,1-2H3,(H,29,30). The number of carboxylic acid groups (broad SMARTS) is 1. The minimum atomic E-state index is -0.936. The molecule has 0 aliphatic heterocycles. The molecule has 4 rings (SSSR count). The molecule has 30 heavy (non-hydrogen) atoms. The van der Waals surface area contributed by atoms with Gasteiger partial charge in [0.2, 0.25) is 0 Å². The summed E-state index contributed by atoms with van der Waals surface area (Å²) >= 11 is 0. The number of carbonyl (C=O) groups is 2. The van der Waals surface area contributed by atoms with Gasteiger partial charge in [0.05, 0.1) is 17.6 Å². The number of nitrogens with zero attached hydrogens (tertiary/aromatic N) is 3. The van der Waals surface area contributed by atoms with Crippen molar-refractivity contribution in [3.8, 4) is 16.8 Å². The summed E-state index contributed by atoms with van der Waals surface area (Å²) in [4.78, 5) is 25.7. The minimum absolute atomic E-state index is 0.0466. The molecule has 1 amide bonds. The van der Waals surface area contributed by atoms with Gasteiger partial charge in [-0.15, -0.1) is 0 Å². The van der Waals surface area contributed by atoms with E-state index >= 15 is 0 Å². The fraction of sp³-hybridized carbons (Fsp3) is 0.292. The number of carboxylic acids is 1. The van der Waals surface area contributed by atoms with Crippen LogP contribution in [0.25, 0.3) is 16.8 Å². The van der Waals surface area contributed by atoms with E-state index in [1.807, 2.05) is 42.5 Å². The van der Waals surface area contributed by atoms with Gasteiger partial charge in [0, 0.05) is 25.6 Å². The van der Waals surface area contributed by atoms with Gasteiger partial charge in [-0.2, -0.15) is 5.10 Å². The van der Waals surface area contributed by atoms with E-state index in [1.54, 1.807) is 29.7 Å². The SMILES string of the molecule is CN(C)C(=O)c1cccc(-c2cccc(-n3ncc(C(=O)O)c3C3CCCC3)c2)c1. The van der Waals surface area contributed by atoms with E-state index in [1.165, 1.54) is 6.20 Å². The minimum Gasteiger partial charge on any atom is -0.478 e. The van der Waals surface area contributed by atoms with Gasteiger partial charge in [-0.05, 0) is 48.2 Å². The molecule has 1 aliphatic rings. The molecule has 6 heteroatoms. The van der Waals surface area contributed by atoms with E-state index in [4.69, 9.17) is 0 Å². The van der Waals surface area contributed by atoms with Crippen LogP contribution in [0.2, 0.25) is 0 Å². The van der Waals surface area contributed by atoms with E-state index in [0.29, 0.717) is 5.56 Å². The van der Waals surface area contributed by atoms with Crippen molar-refractivity contribution in [1.82, 2.24) is 14.7 Å². The molecule has 0 bridgehead atoms.